The molecular weight excluding hydrogens is 306 g/mol. The van der Waals surface area contributed by atoms with Crippen LogP contribution in [0.4, 0.5) is 5.69 Å². The number of imide groups is 1. The van der Waals surface area contributed by atoms with Crippen molar-refractivity contribution in [3.63, 3.8) is 0 Å². The van der Waals surface area contributed by atoms with Crippen molar-refractivity contribution in [2.24, 2.45) is 11.8 Å². The monoisotopic (exact) mass is 319 g/mol. The number of halogens is 1. The summed E-state index contributed by atoms with van der Waals surface area (Å²) in [4.78, 5) is 37.1. The molecule has 0 aromatic heterocycles. The molecule has 114 valence electrons. The van der Waals surface area contributed by atoms with Gasteiger partial charge in [0.1, 0.15) is 5.75 Å². The average Bonchev–Trinajstić information content (AvgIpc) is 2.71. The number of carbonyl (C=O) groups excluding carboxylic acids is 3. The predicted molar refractivity (Wildman–Crippen MR) is 80.4 cm³/mol. The van der Waals surface area contributed by atoms with E-state index < -0.39 is 5.97 Å². The Bertz CT molecular complexity index is 680. The Hall–Kier alpha value is -2.14. The fourth-order valence-electron chi connectivity index (χ4n) is 2.91. The van der Waals surface area contributed by atoms with Gasteiger partial charge in [0.2, 0.25) is 11.8 Å². The largest absolute Gasteiger partial charge is 0.427 e. The van der Waals surface area contributed by atoms with Crippen LogP contribution >= 0.6 is 11.6 Å². The fraction of sp³-hybridized carbons (Fsp3) is 0.312. The fourth-order valence-corrected chi connectivity index (χ4v) is 3.17. The van der Waals surface area contributed by atoms with Crippen LogP contribution in [-0.2, 0) is 14.4 Å². The van der Waals surface area contributed by atoms with Gasteiger partial charge >= 0.3 is 5.97 Å². The summed E-state index contributed by atoms with van der Waals surface area (Å²) in [6.45, 7) is 1.31. The zero-order valence-corrected chi connectivity index (χ0v) is 12.7. The summed E-state index contributed by atoms with van der Waals surface area (Å²) in [5, 5.41) is 0.634. The number of ether oxygens (including phenoxy) is 1. The predicted octanol–water partition coefficient (Wildman–Crippen LogP) is 2.63. The summed E-state index contributed by atoms with van der Waals surface area (Å²) in [5.41, 5.74) is 0.483. The molecule has 2 atom stereocenters. The van der Waals surface area contributed by atoms with E-state index in [1.54, 1.807) is 30.3 Å². The maximum Gasteiger partial charge on any atom is 0.308 e. The molecule has 6 heteroatoms. The maximum atomic E-state index is 12.5. The molecule has 22 heavy (non-hydrogen) atoms. The van der Waals surface area contributed by atoms with Crippen molar-refractivity contribution in [2.75, 3.05) is 4.90 Å². The molecular formula is C16H14ClNO4. The number of allylic oxidation sites excluding steroid dienone is 2. The quantitative estimate of drug-likeness (QED) is 0.477. The molecule has 1 aromatic rings. The number of hydrogen-bond donors (Lipinski definition) is 0. The summed E-state index contributed by atoms with van der Waals surface area (Å²) in [5.74, 6) is -1.18. The van der Waals surface area contributed by atoms with Crippen LogP contribution in [0.25, 0.3) is 0 Å². The minimum atomic E-state index is -0.423. The molecule has 3 rings (SSSR count). The lowest BCUT2D eigenvalue weighted by Crippen LogP contribution is -2.30. The van der Waals surface area contributed by atoms with Gasteiger partial charge in [0.25, 0.3) is 0 Å². The van der Waals surface area contributed by atoms with E-state index in [2.05, 4.69) is 0 Å². The Balaban J connectivity index is 1.85. The summed E-state index contributed by atoms with van der Waals surface area (Å²) >= 11 is 5.99. The van der Waals surface area contributed by atoms with Gasteiger partial charge in [0, 0.05) is 12.0 Å². The molecule has 1 fully saturated rings. The second-order valence-electron chi connectivity index (χ2n) is 5.40. The molecule has 0 spiro atoms. The number of esters is 1. The molecule has 5 nitrogen and oxygen atoms in total. The minimum Gasteiger partial charge on any atom is -0.427 e. The first-order valence-corrected chi connectivity index (χ1v) is 7.36. The second-order valence-corrected chi connectivity index (χ2v) is 5.89. The minimum absolute atomic E-state index is 0.198. The van der Waals surface area contributed by atoms with Crippen LogP contribution < -0.4 is 9.64 Å². The number of rotatable bonds is 2. The molecule has 2 amide bonds. The number of nitrogens with zero attached hydrogens (tertiary/aromatic N) is 1. The van der Waals surface area contributed by atoms with Crippen molar-refractivity contribution in [3.8, 4) is 5.75 Å². The molecule has 1 aromatic carbocycles. The van der Waals surface area contributed by atoms with Gasteiger partial charge in [-0.1, -0.05) is 17.7 Å². The van der Waals surface area contributed by atoms with Crippen molar-refractivity contribution in [1.82, 2.24) is 0 Å². The van der Waals surface area contributed by atoms with E-state index in [0.717, 1.165) is 0 Å². The van der Waals surface area contributed by atoms with Crippen molar-refractivity contribution in [2.45, 2.75) is 19.8 Å². The van der Waals surface area contributed by atoms with Crippen LogP contribution in [0.3, 0.4) is 0 Å². The summed E-state index contributed by atoms with van der Waals surface area (Å²) in [6, 6.07) is 6.32. The van der Waals surface area contributed by atoms with Crippen LogP contribution in [0, 0.1) is 11.8 Å². The van der Waals surface area contributed by atoms with Crippen molar-refractivity contribution in [1.29, 1.82) is 0 Å². The Morgan fingerprint density at radius 3 is 2.45 bits per heavy atom. The van der Waals surface area contributed by atoms with E-state index >= 15 is 0 Å². The third kappa shape index (κ3) is 2.52. The zero-order chi connectivity index (χ0) is 15.9. The molecule has 1 heterocycles. The Morgan fingerprint density at radius 2 is 1.82 bits per heavy atom. The van der Waals surface area contributed by atoms with E-state index in [0.29, 0.717) is 29.3 Å². The highest BCUT2D eigenvalue weighted by atomic mass is 35.5. The number of benzene rings is 1. The number of hydrogen-bond acceptors (Lipinski definition) is 4. The number of carbonyl (C=O) groups is 3. The highest BCUT2D eigenvalue weighted by Gasteiger charge is 2.48. The van der Waals surface area contributed by atoms with Crippen LogP contribution in [0.2, 0.25) is 0 Å². The van der Waals surface area contributed by atoms with Crippen LogP contribution in [0.1, 0.15) is 19.8 Å². The first-order valence-electron chi connectivity index (χ1n) is 6.98. The third-order valence-electron chi connectivity index (χ3n) is 3.93. The maximum absolute atomic E-state index is 12.5. The van der Waals surface area contributed by atoms with Crippen molar-refractivity contribution < 1.29 is 19.1 Å². The molecule has 1 saturated heterocycles. The zero-order valence-electron chi connectivity index (χ0n) is 11.9. The normalized spacial score (nSPS) is 24.1. The van der Waals surface area contributed by atoms with Crippen molar-refractivity contribution in [3.05, 3.63) is 35.4 Å². The average molecular weight is 320 g/mol. The Labute approximate surface area is 132 Å². The summed E-state index contributed by atoms with van der Waals surface area (Å²) in [6.07, 6.45) is 2.72. The van der Waals surface area contributed by atoms with Gasteiger partial charge in [0.15, 0.2) is 0 Å². The van der Waals surface area contributed by atoms with E-state index in [9.17, 15) is 14.4 Å². The lowest BCUT2D eigenvalue weighted by molar-refractivity contribution is -0.132. The van der Waals surface area contributed by atoms with Gasteiger partial charge < -0.3 is 4.74 Å². The highest BCUT2D eigenvalue weighted by Crippen LogP contribution is 2.40. The Kier molecular flexibility index (Phi) is 3.74. The number of amides is 2. The number of fused-ring (bicyclic) bond motifs is 1. The molecule has 0 unspecified atom stereocenters. The van der Waals surface area contributed by atoms with E-state index in [1.807, 2.05) is 0 Å². The third-order valence-corrected chi connectivity index (χ3v) is 4.23. The molecule has 2 aliphatic rings. The highest BCUT2D eigenvalue weighted by molar-refractivity contribution is 6.30. The molecule has 1 aliphatic carbocycles. The second kappa shape index (κ2) is 5.57. The van der Waals surface area contributed by atoms with E-state index in [1.165, 1.54) is 11.8 Å². The Morgan fingerprint density at radius 1 is 1.18 bits per heavy atom. The first-order chi connectivity index (χ1) is 10.5. The summed E-state index contributed by atoms with van der Waals surface area (Å²) in [7, 11) is 0. The van der Waals surface area contributed by atoms with Gasteiger partial charge in [0.05, 0.1) is 17.5 Å². The molecule has 0 radical (unpaired) electrons. The van der Waals surface area contributed by atoms with Gasteiger partial charge in [-0.15, -0.1) is 0 Å². The van der Waals surface area contributed by atoms with Gasteiger partial charge in [-0.2, -0.15) is 0 Å². The summed E-state index contributed by atoms with van der Waals surface area (Å²) < 4.78 is 4.94. The lowest BCUT2D eigenvalue weighted by Gasteiger charge is -2.17. The standard InChI is InChI=1S/C16H14ClNO4/c1-9(19)22-12-5-3-11(4-6-12)18-15(20)13-7-2-10(17)8-14(13)16(18)21/h2-6,13-14H,7-8H2,1H3/t13-,14+/m1/s1. The molecule has 0 saturated carbocycles. The van der Waals surface area contributed by atoms with Crippen molar-refractivity contribution >= 4 is 35.1 Å². The SMILES string of the molecule is CC(=O)Oc1ccc(N2C(=O)[C@H]3CC(Cl)=CC[C@H]3C2=O)cc1. The lowest BCUT2D eigenvalue weighted by atomic mass is 9.85. The molecule has 0 bridgehead atoms. The van der Waals surface area contributed by atoms with Crippen LogP contribution in [-0.4, -0.2) is 17.8 Å². The molecule has 1 aliphatic heterocycles. The van der Waals surface area contributed by atoms with Gasteiger partial charge in [-0.25, -0.2) is 0 Å². The topological polar surface area (TPSA) is 63.7 Å². The first kappa shape index (κ1) is 14.8. The van der Waals surface area contributed by atoms with Crippen LogP contribution in [0.15, 0.2) is 35.4 Å². The van der Waals surface area contributed by atoms with Gasteiger partial charge in [-0.05, 0) is 37.1 Å². The smallest absolute Gasteiger partial charge is 0.308 e. The van der Waals surface area contributed by atoms with Gasteiger partial charge in [-0.3, -0.25) is 19.3 Å². The molecule has 0 N–H and O–H groups in total. The number of anilines is 1. The van der Waals surface area contributed by atoms with E-state index in [4.69, 9.17) is 16.3 Å². The van der Waals surface area contributed by atoms with E-state index in [-0.39, 0.29) is 23.7 Å². The van der Waals surface area contributed by atoms with Crippen LogP contribution in [0.5, 0.6) is 5.75 Å².